The minimum atomic E-state index is 0.0839. The van der Waals surface area contributed by atoms with Gasteiger partial charge >= 0.3 is 0 Å². The molecule has 0 saturated carbocycles. The lowest BCUT2D eigenvalue weighted by Gasteiger charge is -2.36. The number of ether oxygens (including phenoxy) is 2. The smallest absolute Gasteiger partial charge is 0.222 e. The number of morpholine rings is 2. The first-order chi connectivity index (χ1) is 10.8. The first-order valence-corrected chi connectivity index (χ1v) is 8.71. The molecule has 0 radical (unpaired) electrons. The standard InChI is InChI=1S/C17H30N2O4/c1-12-8-18(9-13(2)22-12)16(20)6-5-7-17(21)19-10-14(3)23-15(4)11-19/h12-15H,5-11H2,1-4H3/t12-,13-,14-,15+/m1/s1. The summed E-state index contributed by atoms with van der Waals surface area (Å²) in [5.74, 6) is 0.257. The van der Waals surface area contributed by atoms with E-state index in [-0.39, 0.29) is 36.2 Å². The summed E-state index contributed by atoms with van der Waals surface area (Å²) in [5.41, 5.74) is 0. The first kappa shape index (κ1) is 18.2. The zero-order valence-electron chi connectivity index (χ0n) is 14.8. The normalized spacial score (nSPS) is 32.0. The van der Waals surface area contributed by atoms with Crippen LogP contribution in [0, 0.1) is 0 Å². The summed E-state index contributed by atoms with van der Waals surface area (Å²) in [6.07, 6.45) is 1.81. The van der Waals surface area contributed by atoms with Gasteiger partial charge in [-0.25, -0.2) is 0 Å². The Morgan fingerprint density at radius 3 is 1.35 bits per heavy atom. The molecule has 2 rings (SSSR count). The second-order valence-electron chi connectivity index (χ2n) is 6.97. The molecule has 0 unspecified atom stereocenters. The van der Waals surface area contributed by atoms with Gasteiger partial charge in [-0.3, -0.25) is 9.59 Å². The molecule has 2 aliphatic rings. The van der Waals surface area contributed by atoms with E-state index in [9.17, 15) is 9.59 Å². The van der Waals surface area contributed by atoms with Gasteiger partial charge in [0.2, 0.25) is 11.8 Å². The van der Waals surface area contributed by atoms with Gasteiger partial charge in [0.25, 0.3) is 0 Å². The van der Waals surface area contributed by atoms with Crippen LogP contribution in [-0.4, -0.2) is 72.2 Å². The largest absolute Gasteiger partial charge is 0.372 e. The number of nitrogens with zero attached hydrogens (tertiary/aromatic N) is 2. The molecular formula is C17H30N2O4. The van der Waals surface area contributed by atoms with E-state index in [1.54, 1.807) is 0 Å². The summed E-state index contributed by atoms with van der Waals surface area (Å²) < 4.78 is 11.3. The summed E-state index contributed by atoms with van der Waals surface area (Å²) >= 11 is 0. The van der Waals surface area contributed by atoms with Crippen LogP contribution in [0.5, 0.6) is 0 Å². The van der Waals surface area contributed by atoms with E-state index in [4.69, 9.17) is 9.47 Å². The quantitative estimate of drug-likeness (QED) is 0.784. The molecule has 0 bridgehead atoms. The van der Waals surface area contributed by atoms with Crippen LogP contribution in [0.15, 0.2) is 0 Å². The molecule has 6 heteroatoms. The zero-order chi connectivity index (χ0) is 17.0. The molecule has 132 valence electrons. The Morgan fingerprint density at radius 1 is 0.739 bits per heavy atom. The van der Waals surface area contributed by atoms with Crippen molar-refractivity contribution in [2.75, 3.05) is 26.2 Å². The average molecular weight is 326 g/mol. The summed E-state index contributed by atoms with van der Waals surface area (Å²) in [6.45, 7) is 10.5. The fraction of sp³-hybridized carbons (Fsp3) is 0.882. The van der Waals surface area contributed by atoms with Crippen LogP contribution in [0.3, 0.4) is 0 Å². The molecule has 23 heavy (non-hydrogen) atoms. The fourth-order valence-electron chi connectivity index (χ4n) is 3.47. The van der Waals surface area contributed by atoms with Gasteiger partial charge in [-0.1, -0.05) is 0 Å². The predicted molar refractivity (Wildman–Crippen MR) is 87.0 cm³/mol. The summed E-state index contributed by atoms with van der Waals surface area (Å²) in [7, 11) is 0. The van der Waals surface area contributed by atoms with E-state index in [0.29, 0.717) is 45.4 Å². The Kier molecular flexibility index (Phi) is 6.41. The van der Waals surface area contributed by atoms with Crippen molar-refractivity contribution in [2.24, 2.45) is 0 Å². The predicted octanol–water partition coefficient (Wildman–Crippen LogP) is 1.43. The maximum atomic E-state index is 12.3. The van der Waals surface area contributed by atoms with Gasteiger partial charge in [-0.05, 0) is 34.1 Å². The maximum absolute atomic E-state index is 12.3. The second kappa shape index (κ2) is 8.11. The van der Waals surface area contributed by atoms with Crippen LogP contribution in [0.1, 0.15) is 47.0 Å². The van der Waals surface area contributed by atoms with E-state index in [2.05, 4.69) is 0 Å². The molecule has 0 spiro atoms. The highest BCUT2D eigenvalue weighted by atomic mass is 16.5. The molecule has 6 nitrogen and oxygen atoms in total. The number of carbonyl (C=O) groups is 2. The molecule has 2 amide bonds. The molecule has 2 aliphatic heterocycles. The highest BCUT2D eigenvalue weighted by Crippen LogP contribution is 2.15. The van der Waals surface area contributed by atoms with Crippen molar-refractivity contribution < 1.29 is 19.1 Å². The van der Waals surface area contributed by atoms with E-state index >= 15 is 0 Å². The Balaban J connectivity index is 1.71. The van der Waals surface area contributed by atoms with Gasteiger partial charge < -0.3 is 19.3 Å². The highest BCUT2D eigenvalue weighted by molar-refractivity contribution is 5.79. The van der Waals surface area contributed by atoms with Crippen molar-refractivity contribution in [1.29, 1.82) is 0 Å². The third-order valence-corrected chi connectivity index (χ3v) is 4.33. The molecule has 0 aromatic rings. The lowest BCUT2D eigenvalue weighted by Crippen LogP contribution is -2.48. The molecule has 2 saturated heterocycles. The number of rotatable bonds is 4. The molecule has 0 aliphatic carbocycles. The molecular weight excluding hydrogens is 296 g/mol. The minimum Gasteiger partial charge on any atom is -0.372 e. The molecule has 0 aromatic heterocycles. The average Bonchev–Trinajstić information content (AvgIpc) is 2.44. The van der Waals surface area contributed by atoms with Gasteiger partial charge in [0, 0.05) is 39.0 Å². The van der Waals surface area contributed by atoms with Gasteiger partial charge in [0.05, 0.1) is 24.4 Å². The SMILES string of the molecule is C[C@@H]1CN(C(=O)CCCC(=O)N2C[C@@H](C)O[C@@H](C)C2)C[C@@H](C)O1. The van der Waals surface area contributed by atoms with Crippen molar-refractivity contribution in [1.82, 2.24) is 9.80 Å². The Bertz CT molecular complexity index is 371. The lowest BCUT2D eigenvalue weighted by atomic mass is 10.1. The van der Waals surface area contributed by atoms with Crippen molar-refractivity contribution in [3.05, 3.63) is 0 Å². The van der Waals surface area contributed by atoms with Gasteiger partial charge in [0.15, 0.2) is 0 Å². The van der Waals surface area contributed by atoms with E-state index in [1.807, 2.05) is 37.5 Å². The summed E-state index contributed by atoms with van der Waals surface area (Å²) in [5, 5.41) is 0. The minimum absolute atomic E-state index is 0.0839. The van der Waals surface area contributed by atoms with Crippen LogP contribution in [-0.2, 0) is 19.1 Å². The highest BCUT2D eigenvalue weighted by Gasteiger charge is 2.27. The fourth-order valence-corrected chi connectivity index (χ4v) is 3.47. The van der Waals surface area contributed by atoms with Crippen molar-refractivity contribution in [3.63, 3.8) is 0 Å². The number of carbonyl (C=O) groups excluding carboxylic acids is 2. The van der Waals surface area contributed by atoms with Crippen LogP contribution in [0.25, 0.3) is 0 Å². The first-order valence-electron chi connectivity index (χ1n) is 8.71. The molecule has 0 N–H and O–H groups in total. The third-order valence-electron chi connectivity index (χ3n) is 4.33. The summed E-state index contributed by atoms with van der Waals surface area (Å²) in [6, 6.07) is 0. The number of hydrogen-bond acceptors (Lipinski definition) is 4. The number of hydrogen-bond donors (Lipinski definition) is 0. The molecule has 2 heterocycles. The third kappa shape index (κ3) is 5.46. The Labute approximate surface area is 139 Å². The van der Waals surface area contributed by atoms with E-state index in [0.717, 1.165) is 0 Å². The second-order valence-corrected chi connectivity index (χ2v) is 6.97. The lowest BCUT2D eigenvalue weighted by molar-refractivity contribution is -0.145. The monoisotopic (exact) mass is 326 g/mol. The topological polar surface area (TPSA) is 59.1 Å². The summed E-state index contributed by atoms with van der Waals surface area (Å²) in [4.78, 5) is 28.3. The van der Waals surface area contributed by atoms with Crippen LogP contribution in [0.2, 0.25) is 0 Å². The van der Waals surface area contributed by atoms with Crippen molar-refractivity contribution >= 4 is 11.8 Å². The van der Waals surface area contributed by atoms with Crippen LogP contribution >= 0.6 is 0 Å². The Hall–Kier alpha value is -1.14. The molecule has 0 aromatic carbocycles. The van der Waals surface area contributed by atoms with Crippen LogP contribution in [0.4, 0.5) is 0 Å². The van der Waals surface area contributed by atoms with Gasteiger partial charge in [-0.15, -0.1) is 0 Å². The zero-order valence-corrected chi connectivity index (χ0v) is 14.8. The van der Waals surface area contributed by atoms with Gasteiger partial charge in [-0.2, -0.15) is 0 Å². The Morgan fingerprint density at radius 2 is 1.04 bits per heavy atom. The number of amides is 2. The van der Waals surface area contributed by atoms with Gasteiger partial charge in [0.1, 0.15) is 0 Å². The van der Waals surface area contributed by atoms with E-state index in [1.165, 1.54) is 0 Å². The van der Waals surface area contributed by atoms with E-state index < -0.39 is 0 Å². The van der Waals surface area contributed by atoms with Crippen LogP contribution < -0.4 is 0 Å². The van der Waals surface area contributed by atoms with Crippen molar-refractivity contribution in [2.45, 2.75) is 71.4 Å². The van der Waals surface area contributed by atoms with Crippen molar-refractivity contribution in [3.8, 4) is 0 Å². The molecule has 4 atom stereocenters. The molecule has 2 fully saturated rings. The maximum Gasteiger partial charge on any atom is 0.222 e.